The third-order valence-electron chi connectivity index (χ3n) is 4.14. The molecule has 1 saturated carbocycles. The van der Waals surface area contributed by atoms with E-state index in [4.69, 9.17) is 5.73 Å². The monoisotopic (exact) mass is 274 g/mol. The lowest BCUT2D eigenvalue weighted by Crippen LogP contribution is -2.42. The highest BCUT2D eigenvalue weighted by Gasteiger charge is 2.25. The van der Waals surface area contributed by atoms with Crippen molar-refractivity contribution in [2.75, 3.05) is 13.1 Å². The molecule has 0 saturated heterocycles. The molecule has 0 heterocycles. The molecule has 0 unspecified atom stereocenters. The maximum Gasteiger partial charge on any atom is 0.254 e. The minimum Gasteiger partial charge on any atom is -0.336 e. The standard InChI is InChI=1S/C17H26N2O/c1-14-7-5-8-15(13-14)17(20)19(12-6-11-18)16-9-3-2-4-10-16/h5,7-8,13,16H,2-4,6,9-12,18H2,1H3. The SMILES string of the molecule is Cc1cccc(C(=O)N(CCCN)C2CCCCC2)c1. The predicted molar refractivity (Wildman–Crippen MR) is 82.8 cm³/mol. The second-order valence-corrected chi connectivity index (χ2v) is 5.80. The fourth-order valence-electron chi connectivity index (χ4n) is 3.05. The summed E-state index contributed by atoms with van der Waals surface area (Å²) in [5.41, 5.74) is 7.58. The van der Waals surface area contributed by atoms with Gasteiger partial charge in [-0.25, -0.2) is 0 Å². The van der Waals surface area contributed by atoms with Gasteiger partial charge in [0.25, 0.3) is 5.91 Å². The van der Waals surface area contributed by atoms with Crippen LogP contribution in [0.1, 0.15) is 54.4 Å². The molecule has 1 aliphatic rings. The maximum absolute atomic E-state index is 12.8. The van der Waals surface area contributed by atoms with Crippen molar-refractivity contribution in [1.29, 1.82) is 0 Å². The molecule has 3 heteroatoms. The molecule has 1 aliphatic carbocycles. The molecule has 1 fully saturated rings. The molecule has 2 rings (SSSR count). The number of benzene rings is 1. The molecule has 0 bridgehead atoms. The largest absolute Gasteiger partial charge is 0.336 e. The molecule has 1 amide bonds. The molecular formula is C17H26N2O. The Morgan fingerprint density at radius 3 is 2.70 bits per heavy atom. The van der Waals surface area contributed by atoms with Gasteiger partial charge in [0.1, 0.15) is 0 Å². The van der Waals surface area contributed by atoms with Gasteiger partial charge in [0, 0.05) is 18.2 Å². The molecule has 0 aromatic heterocycles. The number of hydrogen-bond acceptors (Lipinski definition) is 2. The van der Waals surface area contributed by atoms with Crippen LogP contribution >= 0.6 is 0 Å². The molecular weight excluding hydrogens is 248 g/mol. The highest BCUT2D eigenvalue weighted by atomic mass is 16.2. The van der Waals surface area contributed by atoms with Crippen LogP contribution in [-0.2, 0) is 0 Å². The van der Waals surface area contributed by atoms with Crippen molar-refractivity contribution in [2.24, 2.45) is 5.73 Å². The van der Waals surface area contributed by atoms with Crippen molar-refractivity contribution in [2.45, 2.75) is 51.5 Å². The lowest BCUT2D eigenvalue weighted by atomic mass is 9.93. The Bertz CT molecular complexity index is 438. The van der Waals surface area contributed by atoms with Crippen molar-refractivity contribution >= 4 is 5.91 Å². The number of nitrogens with zero attached hydrogens (tertiary/aromatic N) is 1. The van der Waals surface area contributed by atoms with Gasteiger partial charge in [0.05, 0.1) is 0 Å². The summed E-state index contributed by atoms with van der Waals surface area (Å²) in [6, 6.07) is 8.31. The van der Waals surface area contributed by atoms with E-state index < -0.39 is 0 Å². The van der Waals surface area contributed by atoms with E-state index in [0.717, 1.165) is 36.9 Å². The van der Waals surface area contributed by atoms with E-state index in [0.29, 0.717) is 12.6 Å². The molecule has 1 aromatic rings. The van der Waals surface area contributed by atoms with Gasteiger partial charge < -0.3 is 10.6 Å². The zero-order valence-electron chi connectivity index (χ0n) is 12.5. The van der Waals surface area contributed by atoms with Gasteiger partial charge in [-0.3, -0.25) is 4.79 Å². The lowest BCUT2D eigenvalue weighted by molar-refractivity contribution is 0.0632. The highest BCUT2D eigenvalue weighted by Crippen LogP contribution is 2.24. The van der Waals surface area contributed by atoms with Gasteiger partial charge in [0.15, 0.2) is 0 Å². The average Bonchev–Trinajstić information content (AvgIpc) is 2.48. The van der Waals surface area contributed by atoms with Gasteiger partial charge in [-0.2, -0.15) is 0 Å². The lowest BCUT2D eigenvalue weighted by Gasteiger charge is -2.34. The molecule has 0 atom stereocenters. The van der Waals surface area contributed by atoms with Gasteiger partial charge >= 0.3 is 0 Å². The first-order chi connectivity index (χ1) is 9.72. The van der Waals surface area contributed by atoms with Crippen LogP contribution in [0.5, 0.6) is 0 Å². The number of rotatable bonds is 5. The van der Waals surface area contributed by atoms with Crippen LogP contribution in [0.2, 0.25) is 0 Å². The van der Waals surface area contributed by atoms with Crippen LogP contribution in [0.4, 0.5) is 0 Å². The van der Waals surface area contributed by atoms with Crippen LogP contribution in [-0.4, -0.2) is 29.9 Å². The summed E-state index contributed by atoms with van der Waals surface area (Å²) >= 11 is 0. The quantitative estimate of drug-likeness (QED) is 0.896. The molecule has 0 spiro atoms. The van der Waals surface area contributed by atoms with E-state index >= 15 is 0 Å². The summed E-state index contributed by atoms with van der Waals surface area (Å²) in [6.07, 6.45) is 6.95. The molecule has 110 valence electrons. The fourth-order valence-corrected chi connectivity index (χ4v) is 3.05. The Hall–Kier alpha value is -1.35. The predicted octanol–water partition coefficient (Wildman–Crippen LogP) is 3.12. The number of amides is 1. The highest BCUT2D eigenvalue weighted by molar-refractivity contribution is 5.94. The summed E-state index contributed by atoms with van der Waals surface area (Å²) in [4.78, 5) is 14.9. The second-order valence-electron chi connectivity index (χ2n) is 5.80. The molecule has 3 nitrogen and oxygen atoms in total. The summed E-state index contributed by atoms with van der Waals surface area (Å²) in [5, 5.41) is 0. The smallest absolute Gasteiger partial charge is 0.254 e. The van der Waals surface area contributed by atoms with Crippen molar-refractivity contribution in [3.8, 4) is 0 Å². The Morgan fingerprint density at radius 1 is 1.30 bits per heavy atom. The van der Waals surface area contributed by atoms with Crippen LogP contribution < -0.4 is 5.73 Å². The summed E-state index contributed by atoms with van der Waals surface area (Å²) in [5.74, 6) is 0.175. The minimum absolute atomic E-state index is 0.175. The first kappa shape index (κ1) is 15.0. The van der Waals surface area contributed by atoms with Crippen molar-refractivity contribution in [3.05, 3.63) is 35.4 Å². The van der Waals surface area contributed by atoms with Gasteiger partial charge in [0.2, 0.25) is 0 Å². The first-order valence-electron chi connectivity index (χ1n) is 7.80. The van der Waals surface area contributed by atoms with E-state index in [9.17, 15) is 4.79 Å². The summed E-state index contributed by atoms with van der Waals surface area (Å²) in [7, 11) is 0. The molecule has 1 aromatic carbocycles. The fraction of sp³-hybridized carbons (Fsp3) is 0.588. The Morgan fingerprint density at radius 2 is 2.05 bits per heavy atom. The van der Waals surface area contributed by atoms with E-state index in [2.05, 4.69) is 4.90 Å². The van der Waals surface area contributed by atoms with E-state index in [1.807, 2.05) is 31.2 Å². The number of hydrogen-bond donors (Lipinski definition) is 1. The summed E-state index contributed by atoms with van der Waals surface area (Å²) in [6.45, 7) is 3.46. The third kappa shape index (κ3) is 3.83. The maximum atomic E-state index is 12.8. The van der Waals surface area contributed by atoms with E-state index in [-0.39, 0.29) is 5.91 Å². The average molecular weight is 274 g/mol. The zero-order valence-corrected chi connectivity index (χ0v) is 12.5. The normalized spacial score (nSPS) is 16.1. The molecule has 0 radical (unpaired) electrons. The van der Waals surface area contributed by atoms with E-state index in [1.165, 1.54) is 19.3 Å². The molecule has 20 heavy (non-hydrogen) atoms. The van der Waals surface area contributed by atoms with Gasteiger partial charge in [-0.05, 0) is 44.9 Å². The second kappa shape index (κ2) is 7.44. The molecule has 0 aliphatic heterocycles. The minimum atomic E-state index is 0.175. The van der Waals surface area contributed by atoms with Crippen LogP contribution in [0.25, 0.3) is 0 Å². The van der Waals surface area contributed by atoms with Crippen LogP contribution in [0.15, 0.2) is 24.3 Å². The van der Waals surface area contributed by atoms with Crippen molar-refractivity contribution in [1.82, 2.24) is 4.90 Å². The first-order valence-corrected chi connectivity index (χ1v) is 7.80. The Labute approximate surface area is 122 Å². The van der Waals surface area contributed by atoms with Crippen LogP contribution in [0.3, 0.4) is 0 Å². The van der Waals surface area contributed by atoms with Crippen molar-refractivity contribution < 1.29 is 4.79 Å². The van der Waals surface area contributed by atoms with Crippen LogP contribution in [0, 0.1) is 6.92 Å². The number of nitrogens with two attached hydrogens (primary N) is 1. The van der Waals surface area contributed by atoms with E-state index in [1.54, 1.807) is 0 Å². The van der Waals surface area contributed by atoms with Gasteiger partial charge in [-0.15, -0.1) is 0 Å². The Kier molecular flexibility index (Phi) is 5.60. The zero-order chi connectivity index (χ0) is 14.4. The number of aryl methyl sites for hydroxylation is 1. The topological polar surface area (TPSA) is 46.3 Å². The number of carbonyl (C=O) groups excluding carboxylic acids is 1. The third-order valence-corrected chi connectivity index (χ3v) is 4.14. The number of carbonyl (C=O) groups is 1. The Balaban J connectivity index is 2.14. The van der Waals surface area contributed by atoms with Gasteiger partial charge in [-0.1, -0.05) is 37.0 Å². The molecule has 2 N–H and O–H groups in total. The summed E-state index contributed by atoms with van der Waals surface area (Å²) < 4.78 is 0. The van der Waals surface area contributed by atoms with Crippen molar-refractivity contribution in [3.63, 3.8) is 0 Å².